The summed E-state index contributed by atoms with van der Waals surface area (Å²) < 4.78 is 6.09. The molecule has 1 aromatic heterocycles. The lowest BCUT2D eigenvalue weighted by molar-refractivity contribution is 0.216. The van der Waals surface area contributed by atoms with Crippen LogP contribution in [0.5, 0.6) is 0 Å². The molecule has 0 amide bonds. The molecule has 1 aliphatic heterocycles. The summed E-state index contributed by atoms with van der Waals surface area (Å²) in [5, 5.41) is 0. The Morgan fingerprint density at radius 2 is 2.11 bits per heavy atom. The van der Waals surface area contributed by atoms with Crippen molar-refractivity contribution in [2.24, 2.45) is 11.7 Å². The molecule has 1 saturated heterocycles. The van der Waals surface area contributed by atoms with Crippen molar-refractivity contribution in [3.63, 3.8) is 0 Å². The predicted octanol–water partition coefficient (Wildman–Crippen LogP) is 2.89. The van der Waals surface area contributed by atoms with E-state index in [0.29, 0.717) is 12.0 Å². The molecule has 1 aromatic rings. The van der Waals surface area contributed by atoms with Gasteiger partial charge in [0.15, 0.2) is 0 Å². The Kier molecular flexibility index (Phi) is 3.20. The van der Waals surface area contributed by atoms with E-state index in [9.17, 15) is 0 Å². The normalized spacial score (nSPS) is 36.2. The van der Waals surface area contributed by atoms with Crippen molar-refractivity contribution >= 4 is 0 Å². The standard InChI is InChI=1S/C15H24N2O/c1-3-7-17-8-6-12(16)15(17)14-5-4-13(18-14)11-9-10(11)2/h4-5,10-12,15H,3,6-9,16H2,1-2H3. The number of rotatable bonds is 4. The van der Waals surface area contributed by atoms with Crippen LogP contribution in [0.2, 0.25) is 0 Å². The van der Waals surface area contributed by atoms with Gasteiger partial charge in [-0.3, -0.25) is 4.90 Å². The molecule has 2 heterocycles. The lowest BCUT2D eigenvalue weighted by atomic mass is 10.1. The Bertz CT molecular complexity index is 412. The molecule has 3 rings (SSSR count). The SMILES string of the molecule is CCCN1CCC(N)C1c1ccc(C2CC2C)o1. The van der Waals surface area contributed by atoms with E-state index in [1.54, 1.807) is 0 Å². The fourth-order valence-corrected chi connectivity index (χ4v) is 3.26. The molecule has 3 nitrogen and oxygen atoms in total. The fourth-order valence-electron chi connectivity index (χ4n) is 3.26. The van der Waals surface area contributed by atoms with E-state index in [-0.39, 0.29) is 6.04 Å². The van der Waals surface area contributed by atoms with Crippen LogP contribution in [-0.4, -0.2) is 24.0 Å². The van der Waals surface area contributed by atoms with Crippen molar-refractivity contribution < 1.29 is 4.42 Å². The Morgan fingerprint density at radius 3 is 2.78 bits per heavy atom. The molecule has 0 radical (unpaired) electrons. The Morgan fingerprint density at radius 1 is 1.39 bits per heavy atom. The van der Waals surface area contributed by atoms with Crippen molar-refractivity contribution in [1.29, 1.82) is 0 Å². The summed E-state index contributed by atoms with van der Waals surface area (Å²) in [7, 11) is 0. The van der Waals surface area contributed by atoms with Gasteiger partial charge in [-0.25, -0.2) is 0 Å². The molecule has 0 bridgehead atoms. The molecule has 100 valence electrons. The number of furan rings is 1. The number of likely N-dealkylation sites (tertiary alicyclic amines) is 1. The number of hydrogen-bond donors (Lipinski definition) is 1. The summed E-state index contributed by atoms with van der Waals surface area (Å²) in [4.78, 5) is 2.48. The van der Waals surface area contributed by atoms with Crippen molar-refractivity contribution in [1.82, 2.24) is 4.90 Å². The number of nitrogens with two attached hydrogens (primary N) is 1. The third-order valence-corrected chi connectivity index (χ3v) is 4.47. The molecule has 4 atom stereocenters. The van der Waals surface area contributed by atoms with Crippen molar-refractivity contribution in [3.05, 3.63) is 23.7 Å². The molecule has 18 heavy (non-hydrogen) atoms. The molecular formula is C15H24N2O. The van der Waals surface area contributed by atoms with Gasteiger partial charge in [0.2, 0.25) is 0 Å². The minimum atomic E-state index is 0.229. The maximum Gasteiger partial charge on any atom is 0.122 e. The van der Waals surface area contributed by atoms with Gasteiger partial charge in [0, 0.05) is 18.5 Å². The summed E-state index contributed by atoms with van der Waals surface area (Å²) in [6, 6.07) is 4.84. The van der Waals surface area contributed by atoms with Gasteiger partial charge >= 0.3 is 0 Å². The van der Waals surface area contributed by atoms with Crippen molar-refractivity contribution in [2.45, 2.75) is 51.1 Å². The van der Waals surface area contributed by atoms with Gasteiger partial charge in [-0.05, 0) is 43.9 Å². The second-order valence-corrected chi connectivity index (χ2v) is 5.99. The first-order chi connectivity index (χ1) is 8.70. The smallest absolute Gasteiger partial charge is 0.122 e. The van der Waals surface area contributed by atoms with Crippen LogP contribution in [0.15, 0.2) is 16.5 Å². The molecule has 0 aromatic carbocycles. The Balaban J connectivity index is 1.77. The molecule has 1 aliphatic carbocycles. The molecule has 1 saturated carbocycles. The Hall–Kier alpha value is -0.800. The number of hydrogen-bond acceptors (Lipinski definition) is 3. The van der Waals surface area contributed by atoms with Crippen LogP contribution in [0.4, 0.5) is 0 Å². The average molecular weight is 248 g/mol. The molecule has 3 heteroatoms. The van der Waals surface area contributed by atoms with Gasteiger partial charge in [-0.2, -0.15) is 0 Å². The van der Waals surface area contributed by atoms with Crippen LogP contribution in [-0.2, 0) is 0 Å². The zero-order valence-electron chi connectivity index (χ0n) is 11.4. The largest absolute Gasteiger partial charge is 0.464 e. The van der Waals surface area contributed by atoms with Crippen molar-refractivity contribution in [2.75, 3.05) is 13.1 Å². The third kappa shape index (κ3) is 2.10. The zero-order chi connectivity index (χ0) is 12.7. The van der Waals surface area contributed by atoms with Gasteiger partial charge in [0.25, 0.3) is 0 Å². The van der Waals surface area contributed by atoms with Crippen molar-refractivity contribution in [3.8, 4) is 0 Å². The first-order valence-electron chi connectivity index (χ1n) is 7.30. The molecule has 4 unspecified atom stereocenters. The topological polar surface area (TPSA) is 42.4 Å². The van der Waals surface area contributed by atoms with E-state index >= 15 is 0 Å². The maximum atomic E-state index is 6.26. The lowest BCUT2D eigenvalue weighted by Gasteiger charge is -2.24. The fraction of sp³-hybridized carbons (Fsp3) is 0.733. The molecule has 2 fully saturated rings. The van der Waals surface area contributed by atoms with E-state index in [2.05, 4.69) is 30.9 Å². The third-order valence-electron chi connectivity index (χ3n) is 4.47. The first kappa shape index (κ1) is 12.2. The molecular weight excluding hydrogens is 224 g/mol. The summed E-state index contributed by atoms with van der Waals surface area (Å²) in [5.41, 5.74) is 6.26. The Labute approximate surface area is 109 Å². The molecule has 2 N–H and O–H groups in total. The van der Waals surface area contributed by atoms with Gasteiger partial charge < -0.3 is 10.2 Å². The van der Waals surface area contributed by atoms with Crippen LogP contribution < -0.4 is 5.73 Å². The highest BCUT2D eigenvalue weighted by molar-refractivity contribution is 5.21. The monoisotopic (exact) mass is 248 g/mol. The van der Waals surface area contributed by atoms with Crippen LogP contribution in [0.25, 0.3) is 0 Å². The second kappa shape index (κ2) is 4.71. The van der Waals surface area contributed by atoms with Crippen LogP contribution >= 0.6 is 0 Å². The number of nitrogens with zero attached hydrogens (tertiary/aromatic N) is 1. The van der Waals surface area contributed by atoms with Crippen LogP contribution in [0.1, 0.15) is 56.6 Å². The van der Waals surface area contributed by atoms with Gasteiger partial charge in [0.1, 0.15) is 11.5 Å². The van der Waals surface area contributed by atoms with E-state index in [4.69, 9.17) is 10.2 Å². The highest BCUT2D eigenvalue weighted by Crippen LogP contribution is 2.48. The highest BCUT2D eigenvalue weighted by atomic mass is 16.3. The quantitative estimate of drug-likeness (QED) is 0.891. The van der Waals surface area contributed by atoms with E-state index in [0.717, 1.165) is 31.2 Å². The minimum Gasteiger partial charge on any atom is -0.464 e. The van der Waals surface area contributed by atoms with Gasteiger partial charge in [0.05, 0.1) is 6.04 Å². The van der Waals surface area contributed by atoms with Gasteiger partial charge in [-0.15, -0.1) is 0 Å². The first-order valence-corrected chi connectivity index (χ1v) is 7.30. The highest BCUT2D eigenvalue weighted by Gasteiger charge is 2.39. The summed E-state index contributed by atoms with van der Waals surface area (Å²) >= 11 is 0. The van der Waals surface area contributed by atoms with E-state index in [1.807, 2.05) is 0 Å². The van der Waals surface area contributed by atoms with E-state index in [1.165, 1.54) is 18.6 Å². The molecule has 0 spiro atoms. The summed E-state index contributed by atoms with van der Waals surface area (Å²) in [6.07, 6.45) is 3.54. The predicted molar refractivity (Wildman–Crippen MR) is 72.4 cm³/mol. The molecule has 2 aliphatic rings. The second-order valence-electron chi connectivity index (χ2n) is 5.99. The zero-order valence-corrected chi connectivity index (χ0v) is 11.4. The summed E-state index contributed by atoms with van der Waals surface area (Å²) in [6.45, 7) is 6.74. The van der Waals surface area contributed by atoms with Crippen LogP contribution in [0.3, 0.4) is 0 Å². The minimum absolute atomic E-state index is 0.229. The van der Waals surface area contributed by atoms with E-state index < -0.39 is 0 Å². The lowest BCUT2D eigenvalue weighted by Crippen LogP contribution is -2.31. The maximum absolute atomic E-state index is 6.26. The average Bonchev–Trinajstić information content (AvgIpc) is 2.77. The van der Waals surface area contributed by atoms with Crippen LogP contribution in [0, 0.1) is 5.92 Å². The van der Waals surface area contributed by atoms with Gasteiger partial charge in [-0.1, -0.05) is 13.8 Å². The summed E-state index contributed by atoms with van der Waals surface area (Å²) in [5.74, 6) is 3.72.